The Morgan fingerprint density at radius 1 is 1.32 bits per heavy atom. The molecule has 5 heteroatoms. The zero-order chi connectivity index (χ0) is 16.1. The predicted octanol–water partition coefficient (Wildman–Crippen LogP) is 3.67. The number of rotatable bonds is 0. The molecule has 2 aliphatic rings. The molecule has 1 aromatic rings. The molecule has 1 unspecified atom stereocenters. The highest BCUT2D eigenvalue weighted by atomic mass is 35.5. The molecule has 0 aliphatic carbocycles. The van der Waals surface area contributed by atoms with Gasteiger partial charge in [-0.05, 0) is 50.5 Å². The van der Waals surface area contributed by atoms with E-state index in [4.69, 9.17) is 16.3 Å². The van der Waals surface area contributed by atoms with Gasteiger partial charge in [0.25, 0.3) is 0 Å². The van der Waals surface area contributed by atoms with Crippen molar-refractivity contribution >= 4 is 23.4 Å². The second kappa shape index (κ2) is 5.34. The van der Waals surface area contributed by atoms with Gasteiger partial charge in [0, 0.05) is 43.3 Å². The zero-order valence-corrected chi connectivity index (χ0v) is 14.4. The smallest absolute Gasteiger partial charge is 0.410 e. The standard InChI is InChI=1S/C17H23ClN2O2/c1-17(2,3)22-16(21)20-8-7-12-13(18)5-6-14-15(12)11(10-20)9-19(14)4/h5-6,11H,7-10H2,1-4H3. The largest absolute Gasteiger partial charge is 0.444 e. The topological polar surface area (TPSA) is 32.8 Å². The van der Waals surface area contributed by atoms with Crippen molar-refractivity contribution in [3.8, 4) is 0 Å². The summed E-state index contributed by atoms with van der Waals surface area (Å²) in [7, 11) is 2.09. The van der Waals surface area contributed by atoms with Gasteiger partial charge in [0.2, 0.25) is 0 Å². The highest BCUT2D eigenvalue weighted by Gasteiger charge is 2.36. The van der Waals surface area contributed by atoms with Gasteiger partial charge in [-0.2, -0.15) is 0 Å². The lowest BCUT2D eigenvalue weighted by Crippen LogP contribution is -2.39. The molecule has 0 saturated heterocycles. The third-order valence-corrected chi connectivity index (χ3v) is 4.67. The molecule has 0 fully saturated rings. The molecule has 1 amide bonds. The first kappa shape index (κ1) is 15.5. The number of carbonyl (C=O) groups is 1. The average molecular weight is 323 g/mol. The molecular weight excluding hydrogens is 300 g/mol. The third kappa shape index (κ3) is 2.76. The number of halogens is 1. The number of ether oxygens (including phenoxy) is 1. The maximum Gasteiger partial charge on any atom is 0.410 e. The fraction of sp³-hybridized carbons (Fsp3) is 0.588. The molecule has 1 aromatic carbocycles. The van der Waals surface area contributed by atoms with Crippen LogP contribution in [0.2, 0.25) is 5.02 Å². The Morgan fingerprint density at radius 3 is 2.73 bits per heavy atom. The fourth-order valence-corrected chi connectivity index (χ4v) is 3.69. The van der Waals surface area contributed by atoms with Crippen LogP contribution in [0.3, 0.4) is 0 Å². The number of likely N-dealkylation sites (N-methyl/N-ethyl adjacent to an activating group) is 1. The van der Waals surface area contributed by atoms with E-state index in [1.807, 2.05) is 31.7 Å². The molecule has 0 bridgehead atoms. The van der Waals surface area contributed by atoms with E-state index >= 15 is 0 Å². The highest BCUT2D eigenvalue weighted by molar-refractivity contribution is 6.31. The molecule has 3 rings (SSSR count). The average Bonchev–Trinajstić information content (AvgIpc) is 2.59. The first-order valence-electron chi connectivity index (χ1n) is 7.76. The van der Waals surface area contributed by atoms with Crippen LogP contribution in [0, 0.1) is 0 Å². The van der Waals surface area contributed by atoms with Crippen molar-refractivity contribution in [2.45, 2.75) is 38.7 Å². The minimum absolute atomic E-state index is 0.229. The van der Waals surface area contributed by atoms with Gasteiger partial charge >= 0.3 is 6.09 Å². The van der Waals surface area contributed by atoms with Crippen LogP contribution < -0.4 is 4.90 Å². The van der Waals surface area contributed by atoms with Crippen molar-refractivity contribution in [2.24, 2.45) is 0 Å². The summed E-state index contributed by atoms with van der Waals surface area (Å²) in [6, 6.07) is 4.06. The minimum Gasteiger partial charge on any atom is -0.444 e. The van der Waals surface area contributed by atoms with E-state index in [9.17, 15) is 4.79 Å². The van der Waals surface area contributed by atoms with E-state index in [2.05, 4.69) is 18.0 Å². The third-order valence-electron chi connectivity index (χ3n) is 4.31. The number of hydrogen-bond donors (Lipinski definition) is 0. The Morgan fingerprint density at radius 2 is 2.05 bits per heavy atom. The summed E-state index contributed by atoms with van der Waals surface area (Å²) in [6.07, 6.45) is 0.554. The second-order valence-corrected chi connectivity index (χ2v) is 7.62. The first-order valence-corrected chi connectivity index (χ1v) is 8.14. The van der Waals surface area contributed by atoms with Gasteiger partial charge in [-0.25, -0.2) is 4.79 Å². The molecule has 4 nitrogen and oxygen atoms in total. The molecule has 0 radical (unpaired) electrons. The molecule has 2 heterocycles. The van der Waals surface area contributed by atoms with E-state index in [1.165, 1.54) is 16.8 Å². The summed E-state index contributed by atoms with van der Waals surface area (Å²) in [5, 5.41) is 0.810. The van der Waals surface area contributed by atoms with Gasteiger partial charge in [-0.1, -0.05) is 11.6 Å². The lowest BCUT2D eigenvalue weighted by molar-refractivity contribution is 0.0248. The summed E-state index contributed by atoms with van der Waals surface area (Å²) < 4.78 is 5.54. The van der Waals surface area contributed by atoms with Gasteiger partial charge in [0.15, 0.2) is 0 Å². The Labute approximate surface area is 137 Å². The molecule has 0 N–H and O–H groups in total. The number of amides is 1. The second-order valence-electron chi connectivity index (χ2n) is 7.21. The van der Waals surface area contributed by atoms with Crippen molar-refractivity contribution in [3.63, 3.8) is 0 Å². The molecule has 1 atom stereocenters. The van der Waals surface area contributed by atoms with Crippen LogP contribution in [0.4, 0.5) is 10.5 Å². The monoisotopic (exact) mass is 322 g/mol. The Kier molecular flexibility index (Phi) is 3.76. The van der Waals surface area contributed by atoms with Crippen LogP contribution in [-0.4, -0.2) is 43.3 Å². The van der Waals surface area contributed by atoms with Crippen LogP contribution >= 0.6 is 11.6 Å². The first-order chi connectivity index (χ1) is 10.3. The summed E-state index contributed by atoms with van der Waals surface area (Å²) in [6.45, 7) is 7.97. The molecule has 2 aliphatic heterocycles. The van der Waals surface area contributed by atoms with Crippen LogP contribution in [0.15, 0.2) is 12.1 Å². The number of benzene rings is 1. The van der Waals surface area contributed by atoms with Crippen LogP contribution in [-0.2, 0) is 11.2 Å². The normalized spacial score (nSPS) is 20.7. The van der Waals surface area contributed by atoms with Crippen molar-refractivity contribution in [3.05, 3.63) is 28.3 Å². The Bertz CT molecular complexity index is 609. The van der Waals surface area contributed by atoms with E-state index in [1.54, 1.807) is 0 Å². The predicted molar refractivity (Wildman–Crippen MR) is 89.0 cm³/mol. The van der Waals surface area contributed by atoms with Gasteiger partial charge in [-0.15, -0.1) is 0 Å². The van der Waals surface area contributed by atoms with Gasteiger partial charge < -0.3 is 14.5 Å². The van der Waals surface area contributed by atoms with E-state index in [0.29, 0.717) is 19.0 Å². The number of hydrogen-bond acceptors (Lipinski definition) is 3. The number of nitrogens with zero attached hydrogens (tertiary/aromatic N) is 2. The lowest BCUT2D eigenvalue weighted by Gasteiger charge is -2.28. The molecule has 0 aromatic heterocycles. The van der Waals surface area contributed by atoms with Gasteiger partial charge in [0.1, 0.15) is 5.60 Å². The van der Waals surface area contributed by atoms with Crippen molar-refractivity contribution in [2.75, 3.05) is 31.6 Å². The SMILES string of the molecule is CN1CC2CN(C(=O)OC(C)(C)C)CCc3c(Cl)ccc1c32. The quantitative estimate of drug-likeness (QED) is 0.730. The lowest BCUT2D eigenvalue weighted by atomic mass is 9.95. The van der Waals surface area contributed by atoms with Gasteiger partial charge in [-0.3, -0.25) is 0 Å². The maximum atomic E-state index is 12.4. The van der Waals surface area contributed by atoms with Crippen molar-refractivity contribution in [1.29, 1.82) is 0 Å². The van der Waals surface area contributed by atoms with Crippen molar-refractivity contribution in [1.82, 2.24) is 4.90 Å². The zero-order valence-electron chi connectivity index (χ0n) is 13.6. The van der Waals surface area contributed by atoms with Crippen LogP contribution in [0.25, 0.3) is 0 Å². The Hall–Kier alpha value is -1.42. The number of carbonyl (C=O) groups excluding carboxylic acids is 1. The summed E-state index contributed by atoms with van der Waals surface area (Å²) >= 11 is 6.41. The molecule has 120 valence electrons. The minimum atomic E-state index is -0.467. The fourth-order valence-electron chi connectivity index (χ4n) is 3.43. The Balaban J connectivity index is 1.88. The summed E-state index contributed by atoms with van der Waals surface area (Å²) in [5.41, 5.74) is 3.29. The van der Waals surface area contributed by atoms with E-state index < -0.39 is 5.60 Å². The van der Waals surface area contributed by atoms with Crippen LogP contribution in [0.1, 0.15) is 37.8 Å². The summed E-state index contributed by atoms with van der Waals surface area (Å²) in [4.78, 5) is 16.5. The van der Waals surface area contributed by atoms with E-state index in [-0.39, 0.29) is 6.09 Å². The maximum absolute atomic E-state index is 12.4. The van der Waals surface area contributed by atoms with E-state index in [0.717, 1.165) is 18.0 Å². The summed E-state index contributed by atoms with van der Waals surface area (Å²) in [5.74, 6) is 0.309. The molecule has 0 saturated carbocycles. The highest BCUT2D eigenvalue weighted by Crippen LogP contribution is 2.42. The molecule has 22 heavy (non-hydrogen) atoms. The molecule has 0 spiro atoms. The van der Waals surface area contributed by atoms with Gasteiger partial charge in [0.05, 0.1) is 0 Å². The molecular formula is C17H23ClN2O2. The van der Waals surface area contributed by atoms with Crippen molar-refractivity contribution < 1.29 is 9.53 Å². The number of anilines is 1. The van der Waals surface area contributed by atoms with Crippen LogP contribution in [0.5, 0.6) is 0 Å².